The van der Waals surface area contributed by atoms with Crippen LogP contribution in [0.2, 0.25) is 0 Å². The second kappa shape index (κ2) is 9.36. The minimum Gasteiger partial charge on any atom is -0.337 e. The second-order valence-corrected chi connectivity index (χ2v) is 7.45. The summed E-state index contributed by atoms with van der Waals surface area (Å²) in [7, 11) is -3.54. The van der Waals surface area contributed by atoms with E-state index in [0.717, 1.165) is 19.5 Å². The first-order valence-corrected chi connectivity index (χ1v) is 9.55. The summed E-state index contributed by atoms with van der Waals surface area (Å²) in [6.07, 6.45) is 0.906. The van der Waals surface area contributed by atoms with E-state index in [1.807, 2.05) is 0 Å². The summed E-state index contributed by atoms with van der Waals surface area (Å²) in [5, 5.41) is 3.25. The predicted octanol–water partition coefficient (Wildman–Crippen LogP) is 1.57. The van der Waals surface area contributed by atoms with Gasteiger partial charge >= 0.3 is 0 Å². The van der Waals surface area contributed by atoms with Crippen molar-refractivity contribution in [2.75, 3.05) is 39.3 Å². The zero-order valence-electron chi connectivity index (χ0n) is 14.2. The Morgan fingerprint density at radius 1 is 1.21 bits per heavy atom. The molecule has 24 heavy (non-hydrogen) atoms. The molecule has 0 aromatic heterocycles. The van der Waals surface area contributed by atoms with Crippen LogP contribution in [0.1, 0.15) is 30.6 Å². The molecule has 1 fully saturated rings. The zero-order valence-corrected chi connectivity index (χ0v) is 15.8. The van der Waals surface area contributed by atoms with Gasteiger partial charge in [0.05, 0.1) is 4.90 Å². The first-order valence-electron chi connectivity index (χ1n) is 8.11. The summed E-state index contributed by atoms with van der Waals surface area (Å²) in [6, 6.07) is 6.37. The van der Waals surface area contributed by atoms with Crippen molar-refractivity contribution in [3.05, 3.63) is 29.8 Å². The zero-order chi connectivity index (χ0) is 16.9. The summed E-state index contributed by atoms with van der Waals surface area (Å²) in [4.78, 5) is 14.6. The van der Waals surface area contributed by atoms with Crippen LogP contribution in [0.3, 0.4) is 0 Å². The fourth-order valence-electron chi connectivity index (χ4n) is 2.73. The van der Waals surface area contributed by atoms with Gasteiger partial charge in [0.1, 0.15) is 0 Å². The molecule has 1 N–H and O–H groups in total. The van der Waals surface area contributed by atoms with Crippen LogP contribution in [0, 0.1) is 0 Å². The highest BCUT2D eigenvalue weighted by molar-refractivity contribution is 7.89. The number of sulfonamides is 1. The monoisotopic (exact) mass is 375 g/mol. The Balaban J connectivity index is 0.00000288. The summed E-state index contributed by atoms with van der Waals surface area (Å²) in [5.41, 5.74) is 0.431. The summed E-state index contributed by atoms with van der Waals surface area (Å²) < 4.78 is 26.6. The van der Waals surface area contributed by atoms with Crippen LogP contribution >= 0.6 is 12.4 Å². The molecule has 0 radical (unpaired) electrons. The van der Waals surface area contributed by atoms with Gasteiger partial charge in [-0.25, -0.2) is 8.42 Å². The normalized spacial score (nSPS) is 15.7. The van der Waals surface area contributed by atoms with Crippen LogP contribution < -0.4 is 5.32 Å². The molecule has 6 nitrogen and oxygen atoms in total. The Morgan fingerprint density at radius 3 is 2.58 bits per heavy atom. The lowest BCUT2D eigenvalue weighted by molar-refractivity contribution is 0.0766. The van der Waals surface area contributed by atoms with Gasteiger partial charge in [0.2, 0.25) is 10.0 Å². The van der Waals surface area contributed by atoms with Gasteiger partial charge in [-0.05, 0) is 31.2 Å². The van der Waals surface area contributed by atoms with Crippen molar-refractivity contribution in [2.24, 2.45) is 0 Å². The number of benzene rings is 1. The Hall–Kier alpha value is -1.15. The molecule has 1 aromatic carbocycles. The second-order valence-electron chi connectivity index (χ2n) is 5.51. The van der Waals surface area contributed by atoms with E-state index in [1.165, 1.54) is 10.4 Å². The van der Waals surface area contributed by atoms with E-state index in [1.54, 1.807) is 36.9 Å². The Labute approximate surface area is 150 Å². The smallest absolute Gasteiger partial charge is 0.253 e. The summed E-state index contributed by atoms with van der Waals surface area (Å²) in [5.74, 6) is -0.106. The van der Waals surface area contributed by atoms with E-state index >= 15 is 0 Å². The van der Waals surface area contributed by atoms with Gasteiger partial charge in [-0.2, -0.15) is 4.31 Å². The van der Waals surface area contributed by atoms with Crippen molar-refractivity contribution < 1.29 is 13.2 Å². The van der Waals surface area contributed by atoms with E-state index < -0.39 is 10.0 Å². The number of halogens is 1. The lowest BCUT2D eigenvalue weighted by Gasteiger charge is -2.21. The Bertz CT molecular complexity index is 640. The molecule has 0 atom stereocenters. The number of carbonyl (C=O) groups excluding carboxylic acids is 1. The van der Waals surface area contributed by atoms with E-state index in [0.29, 0.717) is 31.7 Å². The average molecular weight is 376 g/mol. The molecule has 136 valence electrons. The van der Waals surface area contributed by atoms with Crippen LogP contribution in [0.25, 0.3) is 0 Å². The minimum absolute atomic E-state index is 0. The van der Waals surface area contributed by atoms with Gasteiger partial charge in [-0.1, -0.05) is 19.9 Å². The SMILES string of the molecule is CCN(CC)S(=O)(=O)c1cccc(C(=O)N2CCCNCC2)c1.Cl. The minimum atomic E-state index is -3.54. The third-order valence-electron chi connectivity index (χ3n) is 4.05. The van der Waals surface area contributed by atoms with Gasteiger partial charge in [0.25, 0.3) is 5.91 Å². The fourth-order valence-corrected chi connectivity index (χ4v) is 4.24. The summed E-state index contributed by atoms with van der Waals surface area (Å²) >= 11 is 0. The average Bonchev–Trinajstić information content (AvgIpc) is 2.84. The highest BCUT2D eigenvalue weighted by Crippen LogP contribution is 2.18. The fraction of sp³-hybridized carbons (Fsp3) is 0.562. The van der Waals surface area contributed by atoms with Gasteiger partial charge in [-0.3, -0.25) is 4.79 Å². The van der Waals surface area contributed by atoms with Crippen LogP contribution in [0.5, 0.6) is 0 Å². The van der Waals surface area contributed by atoms with Crippen molar-refractivity contribution >= 4 is 28.3 Å². The molecule has 0 spiro atoms. The number of carbonyl (C=O) groups is 1. The first-order chi connectivity index (χ1) is 11.0. The molecular formula is C16H26ClN3O3S. The number of nitrogens with one attached hydrogen (secondary N) is 1. The van der Waals surface area contributed by atoms with Gasteiger partial charge in [0, 0.05) is 38.3 Å². The van der Waals surface area contributed by atoms with Crippen LogP contribution in [-0.4, -0.2) is 62.8 Å². The van der Waals surface area contributed by atoms with Gasteiger partial charge < -0.3 is 10.2 Å². The van der Waals surface area contributed by atoms with Gasteiger partial charge in [-0.15, -0.1) is 12.4 Å². The number of hydrogen-bond acceptors (Lipinski definition) is 4. The highest BCUT2D eigenvalue weighted by Gasteiger charge is 2.24. The maximum Gasteiger partial charge on any atom is 0.253 e. The maximum atomic E-state index is 12.6. The van der Waals surface area contributed by atoms with Crippen LogP contribution in [0.15, 0.2) is 29.2 Å². The molecule has 1 aromatic rings. The van der Waals surface area contributed by atoms with Gasteiger partial charge in [0.15, 0.2) is 0 Å². The van der Waals surface area contributed by atoms with Crippen molar-refractivity contribution in [2.45, 2.75) is 25.2 Å². The van der Waals surface area contributed by atoms with E-state index in [2.05, 4.69) is 5.32 Å². The predicted molar refractivity (Wildman–Crippen MR) is 97.2 cm³/mol. The van der Waals surface area contributed by atoms with Crippen molar-refractivity contribution in [1.29, 1.82) is 0 Å². The largest absolute Gasteiger partial charge is 0.337 e. The number of nitrogens with zero attached hydrogens (tertiary/aromatic N) is 2. The van der Waals surface area contributed by atoms with E-state index in [4.69, 9.17) is 0 Å². The van der Waals surface area contributed by atoms with E-state index in [9.17, 15) is 13.2 Å². The lowest BCUT2D eigenvalue weighted by atomic mass is 10.2. The molecule has 0 saturated carbocycles. The molecule has 1 heterocycles. The molecule has 1 aliphatic rings. The van der Waals surface area contributed by atoms with Crippen LogP contribution in [-0.2, 0) is 10.0 Å². The number of rotatable bonds is 5. The molecule has 1 amide bonds. The van der Waals surface area contributed by atoms with Crippen molar-refractivity contribution in [1.82, 2.24) is 14.5 Å². The first kappa shape index (κ1) is 20.9. The third-order valence-corrected chi connectivity index (χ3v) is 6.10. The van der Waals surface area contributed by atoms with E-state index in [-0.39, 0.29) is 23.2 Å². The summed E-state index contributed by atoms with van der Waals surface area (Å²) in [6.45, 7) is 7.44. The number of hydrogen-bond donors (Lipinski definition) is 1. The molecule has 0 unspecified atom stereocenters. The molecular weight excluding hydrogens is 350 g/mol. The third kappa shape index (κ3) is 4.69. The highest BCUT2D eigenvalue weighted by atomic mass is 35.5. The molecule has 1 aliphatic heterocycles. The quantitative estimate of drug-likeness (QED) is 0.848. The van der Waals surface area contributed by atoms with Crippen molar-refractivity contribution in [3.8, 4) is 0 Å². The molecule has 1 saturated heterocycles. The molecule has 0 bridgehead atoms. The lowest BCUT2D eigenvalue weighted by Crippen LogP contribution is -2.34. The number of amides is 1. The molecule has 0 aliphatic carbocycles. The standard InChI is InChI=1S/C16H25N3O3S.ClH/c1-3-19(4-2)23(21,22)15-8-5-7-14(13-15)16(20)18-11-6-9-17-10-12-18;/h5,7-8,13,17H,3-4,6,9-12H2,1-2H3;1H. The molecule has 8 heteroatoms. The Kier molecular flexibility index (Phi) is 8.15. The van der Waals surface area contributed by atoms with Crippen molar-refractivity contribution in [3.63, 3.8) is 0 Å². The Morgan fingerprint density at radius 2 is 1.92 bits per heavy atom. The topological polar surface area (TPSA) is 69.7 Å². The maximum absolute atomic E-state index is 12.6. The molecule has 2 rings (SSSR count). The van der Waals surface area contributed by atoms with Crippen LogP contribution in [0.4, 0.5) is 0 Å².